The first kappa shape index (κ1) is 19.5. The summed E-state index contributed by atoms with van der Waals surface area (Å²) >= 11 is 0. The van der Waals surface area contributed by atoms with Crippen LogP contribution in [0.2, 0.25) is 0 Å². The summed E-state index contributed by atoms with van der Waals surface area (Å²) in [6, 6.07) is 0. The molecule has 0 radical (unpaired) electrons. The Hall–Kier alpha value is -0.520. The van der Waals surface area contributed by atoms with Crippen LogP contribution < -0.4 is 0 Å². The van der Waals surface area contributed by atoms with Crippen LogP contribution in [0.1, 0.15) is 91.4 Å². The molecule has 0 aromatic rings. The van der Waals surface area contributed by atoms with Crippen LogP contribution in [0, 0.1) is 17.8 Å². The summed E-state index contributed by atoms with van der Waals surface area (Å²) in [6.45, 7) is 6.10. The Morgan fingerprint density at radius 2 is 1.40 bits per heavy atom. The highest BCUT2D eigenvalue weighted by molar-refractivity contribution is 5.10. The second-order valence-electron chi connectivity index (χ2n) is 5.81. The van der Waals surface area contributed by atoms with Crippen molar-refractivity contribution in [3.05, 3.63) is 0 Å². The van der Waals surface area contributed by atoms with Crippen LogP contribution in [0.25, 0.3) is 0 Å². The number of hydrogen-bond acceptors (Lipinski definition) is 2. The first-order valence-electron chi connectivity index (χ1n) is 8.53. The molecule has 0 aliphatic heterocycles. The number of unbranched alkanes of at least 4 members (excludes halogenated alkanes) is 7. The molecule has 20 heavy (non-hydrogen) atoms. The molecule has 2 nitrogen and oxygen atoms in total. The fraction of sp³-hybridized carbons (Fsp3) is 0.889. The van der Waals surface area contributed by atoms with Gasteiger partial charge in [0.1, 0.15) is 0 Å². The van der Waals surface area contributed by atoms with Crippen LogP contribution in [0.15, 0.2) is 0 Å². The third kappa shape index (κ3) is 11.3. The number of rotatable bonds is 11. The molecule has 0 aliphatic carbocycles. The Labute approximate surface area is 126 Å². The molecule has 0 bridgehead atoms. The van der Waals surface area contributed by atoms with Crippen LogP contribution in [-0.2, 0) is 0 Å². The van der Waals surface area contributed by atoms with Crippen molar-refractivity contribution in [3.8, 4) is 11.8 Å². The van der Waals surface area contributed by atoms with Crippen LogP contribution in [0.5, 0.6) is 0 Å². The number of aliphatic hydroxyl groups is 2. The maximum atomic E-state index is 9.46. The van der Waals surface area contributed by atoms with Crippen molar-refractivity contribution in [2.24, 2.45) is 5.92 Å². The molecule has 0 aromatic carbocycles. The zero-order valence-electron chi connectivity index (χ0n) is 13.7. The smallest absolute Gasteiger partial charge is 0.228 e. The second kappa shape index (κ2) is 12.2. The van der Waals surface area contributed by atoms with Gasteiger partial charge in [0.15, 0.2) is 0 Å². The summed E-state index contributed by atoms with van der Waals surface area (Å²) in [6.07, 6.45) is 12.9. The molecule has 0 saturated carbocycles. The normalized spacial score (nSPS) is 12.8. The zero-order valence-corrected chi connectivity index (χ0v) is 13.7. The average Bonchev–Trinajstić information content (AvgIpc) is 2.45. The molecule has 0 aliphatic rings. The third-order valence-corrected chi connectivity index (χ3v) is 3.87. The van der Waals surface area contributed by atoms with Gasteiger partial charge < -0.3 is 10.2 Å². The molecule has 118 valence electrons. The van der Waals surface area contributed by atoms with Gasteiger partial charge in [-0.1, -0.05) is 78.1 Å². The summed E-state index contributed by atoms with van der Waals surface area (Å²) in [5, 5.41) is 18.9. The van der Waals surface area contributed by atoms with E-state index in [2.05, 4.69) is 25.7 Å². The van der Waals surface area contributed by atoms with E-state index in [1.54, 1.807) is 6.92 Å². The Bertz CT molecular complexity index is 273. The summed E-state index contributed by atoms with van der Waals surface area (Å²) in [5.74, 6) is 4.13. The minimum Gasteiger partial charge on any atom is -0.356 e. The molecule has 2 N–H and O–H groups in total. The van der Waals surface area contributed by atoms with Crippen molar-refractivity contribution in [2.75, 3.05) is 0 Å². The SMILES string of the molecule is CCCCCCCCCCC(C#CC(O)(O)CC)CC. The predicted octanol–water partition coefficient (Wildman–Crippen LogP) is 4.64. The van der Waals surface area contributed by atoms with E-state index in [9.17, 15) is 10.2 Å². The molecular formula is C18H34O2. The monoisotopic (exact) mass is 282 g/mol. The number of hydrogen-bond donors (Lipinski definition) is 2. The van der Waals surface area contributed by atoms with E-state index in [-0.39, 0.29) is 6.42 Å². The first-order chi connectivity index (χ1) is 9.55. The van der Waals surface area contributed by atoms with E-state index in [1.807, 2.05) is 0 Å². The molecule has 1 atom stereocenters. The van der Waals surface area contributed by atoms with Crippen molar-refractivity contribution in [3.63, 3.8) is 0 Å². The van der Waals surface area contributed by atoms with E-state index in [1.165, 1.54) is 51.4 Å². The molecule has 2 heteroatoms. The molecule has 0 rings (SSSR count). The van der Waals surface area contributed by atoms with Crippen LogP contribution in [0.4, 0.5) is 0 Å². The lowest BCUT2D eigenvalue weighted by Crippen LogP contribution is -2.24. The van der Waals surface area contributed by atoms with Gasteiger partial charge in [-0.2, -0.15) is 0 Å². The highest BCUT2D eigenvalue weighted by atomic mass is 16.5. The highest BCUT2D eigenvalue weighted by Gasteiger charge is 2.15. The van der Waals surface area contributed by atoms with Crippen LogP contribution >= 0.6 is 0 Å². The molecular weight excluding hydrogens is 248 g/mol. The summed E-state index contributed by atoms with van der Waals surface area (Å²) in [4.78, 5) is 0. The Kier molecular flexibility index (Phi) is 11.9. The quantitative estimate of drug-likeness (QED) is 0.329. The van der Waals surface area contributed by atoms with E-state index in [0.29, 0.717) is 5.92 Å². The van der Waals surface area contributed by atoms with Gasteiger partial charge in [0, 0.05) is 12.3 Å². The first-order valence-corrected chi connectivity index (χ1v) is 8.53. The minimum absolute atomic E-state index is 0.258. The minimum atomic E-state index is -1.80. The van der Waals surface area contributed by atoms with Gasteiger partial charge in [-0.05, 0) is 18.8 Å². The van der Waals surface area contributed by atoms with Gasteiger partial charge in [-0.3, -0.25) is 0 Å². The van der Waals surface area contributed by atoms with Gasteiger partial charge in [0.2, 0.25) is 5.79 Å². The summed E-state index contributed by atoms with van der Waals surface area (Å²) < 4.78 is 0. The van der Waals surface area contributed by atoms with Crippen molar-refractivity contribution in [1.82, 2.24) is 0 Å². The lowest BCUT2D eigenvalue weighted by Gasteiger charge is -2.12. The van der Waals surface area contributed by atoms with Gasteiger partial charge >= 0.3 is 0 Å². The van der Waals surface area contributed by atoms with E-state index < -0.39 is 5.79 Å². The molecule has 0 aromatic heterocycles. The van der Waals surface area contributed by atoms with E-state index in [0.717, 1.165) is 12.8 Å². The Morgan fingerprint density at radius 3 is 1.90 bits per heavy atom. The maximum Gasteiger partial charge on any atom is 0.228 e. The molecule has 0 amide bonds. The van der Waals surface area contributed by atoms with Crippen LogP contribution in [0.3, 0.4) is 0 Å². The van der Waals surface area contributed by atoms with Gasteiger partial charge in [0.25, 0.3) is 0 Å². The fourth-order valence-corrected chi connectivity index (χ4v) is 2.21. The second-order valence-corrected chi connectivity index (χ2v) is 5.81. The molecule has 0 spiro atoms. The van der Waals surface area contributed by atoms with Crippen molar-refractivity contribution >= 4 is 0 Å². The topological polar surface area (TPSA) is 40.5 Å². The summed E-state index contributed by atoms with van der Waals surface area (Å²) in [7, 11) is 0. The highest BCUT2D eigenvalue weighted by Crippen LogP contribution is 2.15. The lowest BCUT2D eigenvalue weighted by atomic mass is 9.97. The van der Waals surface area contributed by atoms with Crippen LogP contribution in [-0.4, -0.2) is 16.0 Å². The molecule has 0 saturated heterocycles. The zero-order chi connectivity index (χ0) is 15.3. The Balaban J connectivity index is 3.70. The Morgan fingerprint density at radius 1 is 0.850 bits per heavy atom. The van der Waals surface area contributed by atoms with Crippen molar-refractivity contribution in [1.29, 1.82) is 0 Å². The van der Waals surface area contributed by atoms with Gasteiger partial charge in [0.05, 0.1) is 0 Å². The predicted molar refractivity (Wildman–Crippen MR) is 86.2 cm³/mol. The fourth-order valence-electron chi connectivity index (χ4n) is 2.21. The average molecular weight is 282 g/mol. The summed E-state index contributed by atoms with van der Waals surface area (Å²) in [5.41, 5.74) is 0. The van der Waals surface area contributed by atoms with Crippen molar-refractivity contribution < 1.29 is 10.2 Å². The van der Waals surface area contributed by atoms with Crippen molar-refractivity contribution in [2.45, 2.75) is 97.2 Å². The molecule has 0 heterocycles. The van der Waals surface area contributed by atoms with Gasteiger partial charge in [-0.25, -0.2) is 0 Å². The van der Waals surface area contributed by atoms with E-state index in [4.69, 9.17) is 0 Å². The van der Waals surface area contributed by atoms with Gasteiger partial charge in [-0.15, -0.1) is 0 Å². The lowest BCUT2D eigenvalue weighted by molar-refractivity contribution is -0.110. The standard InChI is InChI=1S/C18H34O2/c1-4-7-8-9-10-11-12-13-14-17(5-2)15-16-18(19,20)6-3/h17,19-20H,4-14H2,1-3H3. The molecule has 0 fully saturated rings. The third-order valence-electron chi connectivity index (χ3n) is 3.87. The largest absolute Gasteiger partial charge is 0.356 e. The molecule has 1 unspecified atom stereocenters. The maximum absolute atomic E-state index is 9.46. The van der Waals surface area contributed by atoms with E-state index >= 15 is 0 Å².